The minimum absolute atomic E-state index is 0.306. The third kappa shape index (κ3) is 3.95. The maximum atomic E-state index is 6.07. The van der Waals surface area contributed by atoms with Gasteiger partial charge in [-0.05, 0) is 70.4 Å². The van der Waals surface area contributed by atoms with Crippen LogP contribution in [-0.2, 0) is 4.74 Å². The highest BCUT2D eigenvalue weighted by atomic mass is 16.5. The molecular formula is C17H33NO. The summed E-state index contributed by atoms with van der Waals surface area (Å²) in [7, 11) is 0. The van der Waals surface area contributed by atoms with Crippen molar-refractivity contribution in [3.8, 4) is 0 Å². The molecule has 0 N–H and O–H groups in total. The summed E-state index contributed by atoms with van der Waals surface area (Å²) >= 11 is 0. The van der Waals surface area contributed by atoms with Crippen LogP contribution in [0.2, 0.25) is 0 Å². The van der Waals surface area contributed by atoms with Crippen LogP contribution < -0.4 is 0 Å². The third-order valence-electron chi connectivity index (χ3n) is 5.28. The van der Waals surface area contributed by atoms with Crippen molar-refractivity contribution in [2.45, 2.75) is 78.4 Å². The van der Waals surface area contributed by atoms with E-state index >= 15 is 0 Å². The van der Waals surface area contributed by atoms with Gasteiger partial charge in [0.25, 0.3) is 0 Å². The fourth-order valence-electron chi connectivity index (χ4n) is 3.82. The van der Waals surface area contributed by atoms with Crippen molar-refractivity contribution in [2.24, 2.45) is 11.3 Å². The van der Waals surface area contributed by atoms with Gasteiger partial charge < -0.3 is 4.74 Å². The number of hydrogen-bond acceptors (Lipinski definition) is 2. The molecule has 0 aromatic rings. The maximum absolute atomic E-state index is 6.07. The minimum atomic E-state index is 0.306. The van der Waals surface area contributed by atoms with Crippen LogP contribution in [0, 0.1) is 11.3 Å². The highest BCUT2D eigenvalue weighted by Gasteiger charge is 2.36. The lowest BCUT2D eigenvalue weighted by molar-refractivity contribution is -0.0588. The summed E-state index contributed by atoms with van der Waals surface area (Å²) in [6, 6.07) is 0. The van der Waals surface area contributed by atoms with Gasteiger partial charge >= 0.3 is 0 Å². The lowest BCUT2D eigenvalue weighted by Crippen LogP contribution is -2.46. The molecule has 2 unspecified atom stereocenters. The standard InChI is InChI=1S/C17H33NO/c1-16(2,3)14-8-11-19-15(12-14)13-17(4,5)18-9-6-7-10-18/h14-15H,6-13H2,1-5H3. The highest BCUT2D eigenvalue weighted by Crippen LogP contribution is 2.38. The van der Waals surface area contributed by atoms with Gasteiger partial charge in [-0.3, -0.25) is 4.90 Å². The number of hydrogen-bond donors (Lipinski definition) is 0. The molecule has 2 nitrogen and oxygen atoms in total. The van der Waals surface area contributed by atoms with Crippen LogP contribution in [0.1, 0.15) is 66.7 Å². The van der Waals surface area contributed by atoms with Crippen LogP contribution in [0.25, 0.3) is 0 Å². The average molecular weight is 267 g/mol. The van der Waals surface area contributed by atoms with Gasteiger partial charge in [0, 0.05) is 12.1 Å². The van der Waals surface area contributed by atoms with E-state index < -0.39 is 0 Å². The fourth-order valence-corrected chi connectivity index (χ4v) is 3.82. The molecule has 2 fully saturated rings. The molecule has 0 aliphatic carbocycles. The highest BCUT2D eigenvalue weighted by molar-refractivity contribution is 4.90. The molecule has 2 heteroatoms. The molecule has 0 saturated carbocycles. The zero-order valence-electron chi connectivity index (χ0n) is 13.7. The first-order valence-corrected chi connectivity index (χ1v) is 8.16. The lowest BCUT2D eigenvalue weighted by Gasteiger charge is -2.43. The van der Waals surface area contributed by atoms with E-state index in [1.54, 1.807) is 0 Å². The molecule has 2 rings (SSSR count). The van der Waals surface area contributed by atoms with Gasteiger partial charge in [-0.25, -0.2) is 0 Å². The van der Waals surface area contributed by atoms with Gasteiger partial charge in [0.2, 0.25) is 0 Å². The molecular weight excluding hydrogens is 234 g/mol. The van der Waals surface area contributed by atoms with Gasteiger partial charge in [-0.2, -0.15) is 0 Å². The van der Waals surface area contributed by atoms with E-state index in [0.717, 1.165) is 12.5 Å². The topological polar surface area (TPSA) is 12.5 Å². The molecule has 2 aliphatic rings. The Morgan fingerprint density at radius 1 is 1.05 bits per heavy atom. The first kappa shape index (κ1) is 15.3. The van der Waals surface area contributed by atoms with Gasteiger partial charge in [-0.1, -0.05) is 20.8 Å². The smallest absolute Gasteiger partial charge is 0.0595 e. The van der Waals surface area contributed by atoms with Crippen LogP contribution in [0.15, 0.2) is 0 Å². The molecule has 112 valence electrons. The SMILES string of the molecule is CC(C)(C)C1CCOC(CC(C)(C)N2CCCC2)C1. The summed E-state index contributed by atoms with van der Waals surface area (Å²) in [6.45, 7) is 15.5. The van der Waals surface area contributed by atoms with Crippen LogP contribution >= 0.6 is 0 Å². The van der Waals surface area contributed by atoms with E-state index in [1.807, 2.05) is 0 Å². The zero-order valence-corrected chi connectivity index (χ0v) is 13.7. The Kier molecular flexibility index (Phi) is 4.62. The number of rotatable bonds is 3. The van der Waals surface area contributed by atoms with Crippen molar-refractivity contribution in [3.63, 3.8) is 0 Å². The predicted molar refractivity (Wildman–Crippen MR) is 81.4 cm³/mol. The molecule has 0 amide bonds. The third-order valence-corrected chi connectivity index (χ3v) is 5.28. The Bertz CT molecular complexity index is 286. The van der Waals surface area contributed by atoms with E-state index in [1.165, 1.54) is 45.2 Å². The number of nitrogens with zero attached hydrogens (tertiary/aromatic N) is 1. The quantitative estimate of drug-likeness (QED) is 0.763. The number of likely N-dealkylation sites (tertiary alicyclic amines) is 1. The molecule has 0 bridgehead atoms. The van der Waals surface area contributed by atoms with Crippen LogP contribution in [0.4, 0.5) is 0 Å². The average Bonchev–Trinajstić information content (AvgIpc) is 2.81. The summed E-state index contributed by atoms with van der Waals surface area (Å²) < 4.78 is 6.07. The van der Waals surface area contributed by atoms with Gasteiger partial charge in [0.15, 0.2) is 0 Å². The van der Waals surface area contributed by atoms with Crippen molar-refractivity contribution in [2.75, 3.05) is 19.7 Å². The van der Waals surface area contributed by atoms with Crippen molar-refractivity contribution in [1.82, 2.24) is 4.90 Å². The Morgan fingerprint density at radius 3 is 2.26 bits per heavy atom. The van der Waals surface area contributed by atoms with Gasteiger partial charge in [0.05, 0.1) is 6.10 Å². The summed E-state index contributed by atoms with van der Waals surface area (Å²) in [5.74, 6) is 0.820. The zero-order chi connectivity index (χ0) is 14.1. The summed E-state index contributed by atoms with van der Waals surface area (Å²) in [5.41, 5.74) is 0.737. The largest absolute Gasteiger partial charge is 0.378 e. The van der Waals surface area contributed by atoms with E-state index in [4.69, 9.17) is 4.74 Å². The summed E-state index contributed by atoms with van der Waals surface area (Å²) in [5, 5.41) is 0. The van der Waals surface area contributed by atoms with E-state index in [2.05, 4.69) is 39.5 Å². The second-order valence-electron chi connectivity index (χ2n) is 8.29. The van der Waals surface area contributed by atoms with Gasteiger partial charge in [-0.15, -0.1) is 0 Å². The van der Waals surface area contributed by atoms with Crippen molar-refractivity contribution in [3.05, 3.63) is 0 Å². The second kappa shape index (κ2) is 5.73. The first-order chi connectivity index (χ1) is 8.79. The number of ether oxygens (including phenoxy) is 1. The minimum Gasteiger partial charge on any atom is -0.378 e. The Morgan fingerprint density at radius 2 is 1.68 bits per heavy atom. The molecule has 0 aromatic carbocycles. The molecule has 19 heavy (non-hydrogen) atoms. The van der Waals surface area contributed by atoms with E-state index in [9.17, 15) is 0 Å². The van der Waals surface area contributed by atoms with Crippen LogP contribution in [0.3, 0.4) is 0 Å². The summed E-state index contributed by atoms with van der Waals surface area (Å²) in [6.07, 6.45) is 6.90. The molecule has 0 aromatic heterocycles. The summed E-state index contributed by atoms with van der Waals surface area (Å²) in [4.78, 5) is 2.66. The fraction of sp³-hybridized carbons (Fsp3) is 1.00. The molecule has 2 heterocycles. The molecule has 2 aliphatic heterocycles. The molecule has 0 spiro atoms. The Hall–Kier alpha value is -0.0800. The second-order valence-corrected chi connectivity index (χ2v) is 8.29. The van der Waals surface area contributed by atoms with Crippen LogP contribution in [0.5, 0.6) is 0 Å². The van der Waals surface area contributed by atoms with Crippen molar-refractivity contribution < 1.29 is 4.74 Å². The van der Waals surface area contributed by atoms with Crippen LogP contribution in [-0.4, -0.2) is 36.2 Å². The molecule has 2 atom stereocenters. The Labute approximate surface area is 119 Å². The van der Waals surface area contributed by atoms with Crippen molar-refractivity contribution >= 4 is 0 Å². The normalized spacial score (nSPS) is 30.8. The van der Waals surface area contributed by atoms with E-state index in [-0.39, 0.29) is 0 Å². The monoisotopic (exact) mass is 267 g/mol. The first-order valence-electron chi connectivity index (χ1n) is 8.16. The van der Waals surface area contributed by atoms with Gasteiger partial charge in [0.1, 0.15) is 0 Å². The lowest BCUT2D eigenvalue weighted by atomic mass is 9.73. The van der Waals surface area contributed by atoms with Crippen molar-refractivity contribution in [1.29, 1.82) is 0 Å². The molecule has 2 saturated heterocycles. The molecule has 0 radical (unpaired) electrons. The predicted octanol–water partition coefficient (Wildman–Crippen LogP) is 4.09. The van der Waals surface area contributed by atoms with E-state index in [0.29, 0.717) is 17.1 Å². The maximum Gasteiger partial charge on any atom is 0.0595 e. The Balaban J connectivity index is 1.91.